The number of ether oxygens (including phenoxy) is 4. The molecule has 0 aromatic heterocycles. The van der Waals surface area contributed by atoms with Crippen LogP contribution in [0.5, 0.6) is 5.75 Å². The van der Waals surface area contributed by atoms with Crippen molar-refractivity contribution in [3.05, 3.63) is 84.2 Å². The maximum absolute atomic E-state index is 14.9. The fourth-order valence-electron chi connectivity index (χ4n) is 3.35. The average Bonchev–Trinajstić information content (AvgIpc) is 2.82. The van der Waals surface area contributed by atoms with Gasteiger partial charge in [0.25, 0.3) is 0 Å². The molecule has 5 heteroatoms. The SMILES string of the molecule is C/C=C/COCCOc1ccc(-c2ccc(C3=CCC(OCCOC)C=C3)cc2F)cc1. The smallest absolute Gasteiger partial charge is 0.131 e. The van der Waals surface area contributed by atoms with Gasteiger partial charge in [-0.3, -0.25) is 0 Å². The number of methoxy groups -OCH3 is 1. The van der Waals surface area contributed by atoms with Crippen molar-refractivity contribution in [3.63, 3.8) is 0 Å². The van der Waals surface area contributed by atoms with Gasteiger partial charge in [-0.05, 0) is 48.2 Å². The first-order valence-electron chi connectivity index (χ1n) is 10.9. The van der Waals surface area contributed by atoms with E-state index in [-0.39, 0.29) is 11.9 Å². The number of rotatable bonds is 12. The second-order valence-corrected chi connectivity index (χ2v) is 7.37. The van der Waals surface area contributed by atoms with Crippen LogP contribution < -0.4 is 4.74 Å². The maximum atomic E-state index is 14.9. The Morgan fingerprint density at radius 1 is 1.00 bits per heavy atom. The van der Waals surface area contributed by atoms with Crippen molar-refractivity contribution in [2.75, 3.05) is 40.1 Å². The van der Waals surface area contributed by atoms with E-state index >= 15 is 0 Å². The van der Waals surface area contributed by atoms with Gasteiger partial charge in [0.1, 0.15) is 18.2 Å². The molecular formula is C27H31FO4. The van der Waals surface area contributed by atoms with Crippen LogP contribution in [0.4, 0.5) is 4.39 Å². The van der Waals surface area contributed by atoms with Gasteiger partial charge in [0.05, 0.1) is 32.5 Å². The third kappa shape index (κ3) is 7.16. The van der Waals surface area contributed by atoms with Crippen molar-refractivity contribution in [3.8, 4) is 16.9 Å². The normalized spacial score (nSPS) is 15.8. The van der Waals surface area contributed by atoms with Gasteiger partial charge in [-0.15, -0.1) is 0 Å². The molecule has 4 nitrogen and oxygen atoms in total. The number of hydrogen-bond acceptors (Lipinski definition) is 4. The van der Waals surface area contributed by atoms with Gasteiger partial charge < -0.3 is 18.9 Å². The van der Waals surface area contributed by atoms with Crippen LogP contribution in [0.15, 0.2) is 72.8 Å². The van der Waals surface area contributed by atoms with E-state index in [9.17, 15) is 4.39 Å². The molecule has 0 radical (unpaired) electrons. The molecule has 0 spiro atoms. The fraction of sp³-hybridized carbons (Fsp3) is 0.333. The van der Waals surface area contributed by atoms with Gasteiger partial charge >= 0.3 is 0 Å². The molecule has 2 aromatic rings. The zero-order chi connectivity index (χ0) is 22.6. The number of benzene rings is 2. The van der Waals surface area contributed by atoms with Gasteiger partial charge in [0.15, 0.2) is 0 Å². The molecule has 2 aromatic carbocycles. The first-order valence-corrected chi connectivity index (χ1v) is 10.9. The van der Waals surface area contributed by atoms with Crippen LogP contribution in [-0.4, -0.2) is 46.2 Å². The fourth-order valence-corrected chi connectivity index (χ4v) is 3.35. The zero-order valence-corrected chi connectivity index (χ0v) is 18.8. The van der Waals surface area contributed by atoms with Gasteiger partial charge in [-0.1, -0.05) is 54.6 Å². The summed E-state index contributed by atoms with van der Waals surface area (Å²) < 4.78 is 36.7. The lowest BCUT2D eigenvalue weighted by molar-refractivity contribution is 0.0406. The molecule has 32 heavy (non-hydrogen) atoms. The highest BCUT2D eigenvalue weighted by Gasteiger charge is 2.12. The first kappa shape index (κ1) is 23.9. The van der Waals surface area contributed by atoms with Crippen LogP contribution >= 0.6 is 0 Å². The van der Waals surface area contributed by atoms with E-state index in [2.05, 4.69) is 6.08 Å². The lowest BCUT2D eigenvalue weighted by atomic mass is 9.95. The Bertz CT molecular complexity index is 931. The summed E-state index contributed by atoms with van der Waals surface area (Å²) in [4.78, 5) is 0. The highest BCUT2D eigenvalue weighted by molar-refractivity contribution is 5.77. The Hall–Kier alpha value is -2.73. The highest BCUT2D eigenvalue weighted by atomic mass is 19.1. The van der Waals surface area contributed by atoms with Gasteiger partial charge in [0, 0.05) is 12.7 Å². The van der Waals surface area contributed by atoms with Gasteiger partial charge in [0.2, 0.25) is 0 Å². The van der Waals surface area contributed by atoms with Crippen molar-refractivity contribution < 1.29 is 23.3 Å². The summed E-state index contributed by atoms with van der Waals surface area (Å²) in [5, 5.41) is 0. The average molecular weight is 439 g/mol. The molecule has 170 valence electrons. The van der Waals surface area contributed by atoms with E-state index in [0.29, 0.717) is 38.6 Å². The van der Waals surface area contributed by atoms with E-state index in [4.69, 9.17) is 18.9 Å². The van der Waals surface area contributed by atoms with Crippen molar-refractivity contribution in [2.24, 2.45) is 0 Å². The second-order valence-electron chi connectivity index (χ2n) is 7.37. The molecule has 0 saturated heterocycles. The van der Waals surface area contributed by atoms with E-state index < -0.39 is 0 Å². The van der Waals surface area contributed by atoms with Crippen LogP contribution in [0.1, 0.15) is 18.9 Å². The largest absolute Gasteiger partial charge is 0.491 e. The second kappa shape index (κ2) is 13.0. The summed E-state index contributed by atoms with van der Waals surface area (Å²) in [6.45, 7) is 4.67. The van der Waals surface area contributed by atoms with Crippen LogP contribution in [0.3, 0.4) is 0 Å². The van der Waals surface area contributed by atoms with E-state index in [1.54, 1.807) is 13.2 Å². The molecule has 0 N–H and O–H groups in total. The monoisotopic (exact) mass is 438 g/mol. The predicted octanol–water partition coefficient (Wildman–Crippen LogP) is 5.84. The summed E-state index contributed by atoms with van der Waals surface area (Å²) >= 11 is 0. The minimum absolute atomic E-state index is 0.0403. The lowest BCUT2D eigenvalue weighted by Crippen LogP contribution is -2.14. The summed E-state index contributed by atoms with van der Waals surface area (Å²) in [7, 11) is 1.66. The molecule has 3 rings (SSSR count). The molecular weight excluding hydrogens is 407 g/mol. The highest BCUT2D eigenvalue weighted by Crippen LogP contribution is 2.29. The first-order chi connectivity index (χ1) is 15.7. The zero-order valence-electron chi connectivity index (χ0n) is 18.8. The predicted molar refractivity (Wildman–Crippen MR) is 126 cm³/mol. The Balaban J connectivity index is 1.55. The third-order valence-corrected chi connectivity index (χ3v) is 5.09. The summed E-state index contributed by atoms with van der Waals surface area (Å²) in [6.07, 6.45) is 10.8. The molecule has 1 aliphatic rings. The molecule has 0 heterocycles. The van der Waals surface area contributed by atoms with Crippen LogP contribution in [-0.2, 0) is 14.2 Å². The molecule has 0 aliphatic heterocycles. The van der Waals surface area contributed by atoms with E-state index in [1.807, 2.05) is 67.6 Å². The molecule has 1 aliphatic carbocycles. The quantitative estimate of drug-likeness (QED) is 0.308. The Morgan fingerprint density at radius 3 is 2.50 bits per heavy atom. The molecule has 1 unspecified atom stereocenters. The molecule has 0 fully saturated rings. The van der Waals surface area contributed by atoms with Crippen LogP contribution in [0.2, 0.25) is 0 Å². The van der Waals surface area contributed by atoms with Crippen molar-refractivity contribution in [1.82, 2.24) is 0 Å². The van der Waals surface area contributed by atoms with E-state index in [1.165, 1.54) is 0 Å². The topological polar surface area (TPSA) is 36.9 Å². The van der Waals surface area contributed by atoms with Crippen molar-refractivity contribution in [2.45, 2.75) is 19.4 Å². The molecule has 0 amide bonds. The summed E-state index contributed by atoms with van der Waals surface area (Å²) in [5.74, 6) is 0.487. The standard InChI is InChI=1S/C27H31FO4/c1-3-4-15-30-17-19-32-25-12-7-22(8-13-25)26-14-9-23(20-27(26)28)21-5-10-24(11-6-21)31-18-16-29-2/h3-10,12-14,20,24H,11,15-19H2,1-2H3/b4-3+. The number of hydrogen-bond donors (Lipinski definition) is 0. The van der Waals surface area contributed by atoms with Crippen molar-refractivity contribution >= 4 is 5.57 Å². The van der Waals surface area contributed by atoms with Crippen LogP contribution in [0.25, 0.3) is 16.7 Å². The molecule has 0 saturated carbocycles. The Morgan fingerprint density at radius 2 is 1.81 bits per heavy atom. The Kier molecular flexibility index (Phi) is 9.69. The Labute approximate surface area is 190 Å². The lowest BCUT2D eigenvalue weighted by Gasteiger charge is -2.17. The minimum Gasteiger partial charge on any atom is -0.491 e. The number of halogens is 1. The molecule has 1 atom stereocenters. The minimum atomic E-state index is -0.249. The van der Waals surface area contributed by atoms with Crippen molar-refractivity contribution in [1.29, 1.82) is 0 Å². The van der Waals surface area contributed by atoms with Gasteiger partial charge in [-0.2, -0.15) is 0 Å². The summed E-state index contributed by atoms with van der Waals surface area (Å²) in [6, 6.07) is 12.8. The van der Waals surface area contributed by atoms with Gasteiger partial charge in [-0.25, -0.2) is 4.39 Å². The third-order valence-electron chi connectivity index (χ3n) is 5.09. The molecule has 0 bridgehead atoms. The van der Waals surface area contributed by atoms with E-state index in [0.717, 1.165) is 28.9 Å². The number of allylic oxidation sites excluding steroid dienone is 3. The summed E-state index contributed by atoms with van der Waals surface area (Å²) in [5.41, 5.74) is 3.24. The van der Waals surface area contributed by atoms with Crippen LogP contribution in [0, 0.1) is 5.82 Å². The maximum Gasteiger partial charge on any atom is 0.131 e.